The molecule has 3 heteroatoms. The van der Waals surface area contributed by atoms with Crippen molar-refractivity contribution in [3.63, 3.8) is 0 Å². The topological polar surface area (TPSA) is 24.5 Å². The Morgan fingerprint density at radius 1 is 1.19 bits per heavy atom. The molecule has 118 valence electrons. The Bertz CT molecular complexity index is 413. The molecule has 0 bridgehead atoms. The van der Waals surface area contributed by atoms with Gasteiger partial charge in [-0.1, -0.05) is 32.0 Å². The lowest BCUT2D eigenvalue weighted by Crippen LogP contribution is -2.38. The highest BCUT2D eigenvalue weighted by atomic mass is 16.5. The predicted octanol–water partition coefficient (Wildman–Crippen LogP) is 3.44. The maximum absolute atomic E-state index is 5.60. The fraction of sp³-hybridized carbons (Fsp3) is 0.667. The van der Waals surface area contributed by atoms with Crippen molar-refractivity contribution in [2.75, 3.05) is 31.2 Å². The third-order valence-corrected chi connectivity index (χ3v) is 4.30. The van der Waals surface area contributed by atoms with Crippen molar-refractivity contribution in [1.82, 2.24) is 5.32 Å². The summed E-state index contributed by atoms with van der Waals surface area (Å²) in [4.78, 5) is 2.52. The molecule has 1 aromatic carbocycles. The first kappa shape index (κ1) is 16.3. The SMILES string of the molecule is CCOCC(NCc1ccccc1N1CCCC1)C(C)C. The molecule has 1 aliphatic rings. The van der Waals surface area contributed by atoms with Crippen molar-refractivity contribution in [2.45, 2.75) is 46.2 Å². The molecular weight excluding hydrogens is 260 g/mol. The van der Waals surface area contributed by atoms with E-state index in [2.05, 4.69) is 55.3 Å². The van der Waals surface area contributed by atoms with Gasteiger partial charge in [0.25, 0.3) is 0 Å². The summed E-state index contributed by atoms with van der Waals surface area (Å²) in [5.74, 6) is 0.579. The normalized spacial score (nSPS) is 16.7. The fourth-order valence-corrected chi connectivity index (χ4v) is 2.90. The maximum atomic E-state index is 5.60. The van der Waals surface area contributed by atoms with E-state index in [9.17, 15) is 0 Å². The summed E-state index contributed by atoms with van der Waals surface area (Å²) >= 11 is 0. The zero-order valence-corrected chi connectivity index (χ0v) is 13.8. The van der Waals surface area contributed by atoms with Gasteiger partial charge in [-0.15, -0.1) is 0 Å². The molecule has 0 amide bonds. The molecule has 0 spiro atoms. The number of hydrogen-bond acceptors (Lipinski definition) is 3. The molecule has 1 saturated heterocycles. The Morgan fingerprint density at radius 3 is 2.57 bits per heavy atom. The van der Waals surface area contributed by atoms with Gasteiger partial charge in [-0.25, -0.2) is 0 Å². The number of anilines is 1. The fourth-order valence-electron chi connectivity index (χ4n) is 2.90. The Morgan fingerprint density at radius 2 is 1.90 bits per heavy atom. The Labute approximate surface area is 129 Å². The minimum atomic E-state index is 0.414. The molecule has 1 aromatic rings. The number of benzene rings is 1. The second kappa shape index (κ2) is 8.40. The van der Waals surface area contributed by atoms with Crippen molar-refractivity contribution in [3.05, 3.63) is 29.8 Å². The van der Waals surface area contributed by atoms with Gasteiger partial charge in [0.1, 0.15) is 0 Å². The quantitative estimate of drug-likeness (QED) is 0.794. The lowest BCUT2D eigenvalue weighted by atomic mass is 10.0. The van der Waals surface area contributed by atoms with Crippen LogP contribution in [0.1, 0.15) is 39.2 Å². The molecule has 3 nitrogen and oxygen atoms in total. The predicted molar refractivity (Wildman–Crippen MR) is 89.8 cm³/mol. The number of para-hydroxylation sites is 1. The van der Waals surface area contributed by atoms with Gasteiger partial charge in [0.05, 0.1) is 6.61 Å². The molecule has 1 unspecified atom stereocenters. The van der Waals surface area contributed by atoms with E-state index in [0.29, 0.717) is 12.0 Å². The van der Waals surface area contributed by atoms with Crippen molar-refractivity contribution >= 4 is 5.69 Å². The summed E-state index contributed by atoms with van der Waals surface area (Å²) in [6, 6.07) is 9.21. The third-order valence-electron chi connectivity index (χ3n) is 4.30. The first-order valence-corrected chi connectivity index (χ1v) is 8.36. The summed E-state index contributed by atoms with van der Waals surface area (Å²) in [6.45, 7) is 11.5. The van der Waals surface area contributed by atoms with Crippen LogP contribution in [0.5, 0.6) is 0 Å². The van der Waals surface area contributed by atoms with Crippen LogP contribution in [0.3, 0.4) is 0 Å². The highest BCUT2D eigenvalue weighted by molar-refractivity contribution is 5.54. The van der Waals surface area contributed by atoms with E-state index >= 15 is 0 Å². The van der Waals surface area contributed by atoms with E-state index in [1.807, 2.05) is 0 Å². The van der Waals surface area contributed by atoms with Crippen molar-refractivity contribution in [1.29, 1.82) is 0 Å². The Kier molecular flexibility index (Phi) is 6.52. The molecule has 0 aliphatic carbocycles. The highest BCUT2D eigenvalue weighted by Gasteiger charge is 2.17. The van der Waals surface area contributed by atoms with Crippen LogP contribution in [-0.2, 0) is 11.3 Å². The van der Waals surface area contributed by atoms with E-state index in [0.717, 1.165) is 19.8 Å². The van der Waals surface area contributed by atoms with Gasteiger partial charge >= 0.3 is 0 Å². The van der Waals surface area contributed by atoms with Crippen LogP contribution in [0.2, 0.25) is 0 Å². The van der Waals surface area contributed by atoms with Crippen molar-refractivity contribution < 1.29 is 4.74 Å². The Hall–Kier alpha value is -1.06. The minimum Gasteiger partial charge on any atom is -0.380 e. The Balaban J connectivity index is 1.98. The first-order valence-electron chi connectivity index (χ1n) is 8.36. The monoisotopic (exact) mass is 290 g/mol. The number of nitrogens with one attached hydrogen (secondary N) is 1. The highest BCUT2D eigenvalue weighted by Crippen LogP contribution is 2.24. The van der Waals surface area contributed by atoms with Gasteiger partial charge in [-0.2, -0.15) is 0 Å². The van der Waals surface area contributed by atoms with Gasteiger partial charge in [0.15, 0.2) is 0 Å². The van der Waals surface area contributed by atoms with Gasteiger partial charge in [0, 0.05) is 38.0 Å². The van der Waals surface area contributed by atoms with Crippen LogP contribution in [0, 0.1) is 5.92 Å². The van der Waals surface area contributed by atoms with Crippen LogP contribution >= 0.6 is 0 Å². The van der Waals surface area contributed by atoms with Crippen LogP contribution in [0.15, 0.2) is 24.3 Å². The standard InChI is InChI=1S/C18H30N2O/c1-4-21-14-17(15(2)3)19-13-16-9-5-6-10-18(16)20-11-7-8-12-20/h5-6,9-10,15,17,19H,4,7-8,11-14H2,1-3H3. The van der Waals surface area contributed by atoms with Gasteiger partial charge in [0.2, 0.25) is 0 Å². The molecule has 0 aromatic heterocycles. The molecule has 1 atom stereocenters. The minimum absolute atomic E-state index is 0.414. The average Bonchev–Trinajstić information content (AvgIpc) is 3.01. The van der Waals surface area contributed by atoms with E-state index in [1.165, 1.54) is 37.2 Å². The lowest BCUT2D eigenvalue weighted by Gasteiger charge is -2.25. The van der Waals surface area contributed by atoms with Crippen molar-refractivity contribution in [3.8, 4) is 0 Å². The summed E-state index contributed by atoms with van der Waals surface area (Å²) in [7, 11) is 0. The summed E-state index contributed by atoms with van der Waals surface area (Å²) in [5.41, 5.74) is 2.81. The first-order chi connectivity index (χ1) is 10.2. The number of rotatable bonds is 8. The molecule has 1 N–H and O–H groups in total. The maximum Gasteiger partial charge on any atom is 0.0622 e. The molecular formula is C18H30N2O. The van der Waals surface area contributed by atoms with Gasteiger partial charge in [-0.3, -0.25) is 0 Å². The third kappa shape index (κ3) is 4.72. The summed E-state index contributed by atoms with van der Waals surface area (Å²) < 4.78 is 5.60. The number of nitrogens with zero attached hydrogens (tertiary/aromatic N) is 1. The molecule has 1 fully saturated rings. The van der Waals surface area contributed by atoms with Gasteiger partial charge < -0.3 is 15.0 Å². The van der Waals surface area contributed by atoms with Crippen LogP contribution in [0.25, 0.3) is 0 Å². The number of hydrogen-bond donors (Lipinski definition) is 1. The largest absolute Gasteiger partial charge is 0.380 e. The molecule has 2 rings (SSSR count). The number of ether oxygens (including phenoxy) is 1. The zero-order chi connectivity index (χ0) is 15.1. The van der Waals surface area contributed by atoms with Crippen LogP contribution in [0.4, 0.5) is 5.69 Å². The molecule has 0 saturated carbocycles. The molecule has 21 heavy (non-hydrogen) atoms. The van der Waals surface area contributed by atoms with Gasteiger partial charge in [-0.05, 0) is 37.3 Å². The second-order valence-corrected chi connectivity index (χ2v) is 6.21. The molecule has 1 heterocycles. The van der Waals surface area contributed by atoms with E-state index in [4.69, 9.17) is 4.74 Å². The summed E-state index contributed by atoms with van der Waals surface area (Å²) in [6.07, 6.45) is 2.64. The molecule has 1 aliphatic heterocycles. The smallest absolute Gasteiger partial charge is 0.0622 e. The zero-order valence-electron chi connectivity index (χ0n) is 13.8. The second-order valence-electron chi connectivity index (χ2n) is 6.21. The van der Waals surface area contributed by atoms with Crippen LogP contribution < -0.4 is 10.2 Å². The lowest BCUT2D eigenvalue weighted by molar-refractivity contribution is 0.108. The van der Waals surface area contributed by atoms with E-state index in [1.54, 1.807) is 0 Å². The molecule has 0 radical (unpaired) electrons. The van der Waals surface area contributed by atoms with E-state index in [-0.39, 0.29) is 0 Å². The summed E-state index contributed by atoms with van der Waals surface area (Å²) in [5, 5.41) is 3.68. The van der Waals surface area contributed by atoms with E-state index < -0.39 is 0 Å². The van der Waals surface area contributed by atoms with Crippen LogP contribution in [-0.4, -0.2) is 32.3 Å². The average molecular weight is 290 g/mol. The van der Waals surface area contributed by atoms with Crippen molar-refractivity contribution in [2.24, 2.45) is 5.92 Å².